The van der Waals surface area contributed by atoms with Crippen molar-refractivity contribution in [1.82, 2.24) is 5.32 Å². The predicted octanol–water partition coefficient (Wildman–Crippen LogP) is 3.86. The zero-order valence-electron chi connectivity index (χ0n) is 16.8. The normalized spacial score (nSPS) is 11.3. The molecule has 5 nitrogen and oxygen atoms in total. The van der Waals surface area contributed by atoms with Gasteiger partial charge in [-0.25, -0.2) is 8.42 Å². The van der Waals surface area contributed by atoms with Crippen molar-refractivity contribution in [2.75, 3.05) is 17.1 Å². The first kappa shape index (κ1) is 22.2. The first-order valence-electron chi connectivity index (χ1n) is 9.27. The number of carbonyl (C=O) groups excluding carboxylic acids is 1. The van der Waals surface area contributed by atoms with E-state index in [4.69, 9.17) is 11.6 Å². The van der Waals surface area contributed by atoms with Crippen molar-refractivity contribution in [2.45, 2.75) is 40.2 Å². The summed E-state index contributed by atoms with van der Waals surface area (Å²) < 4.78 is 25.5. The summed E-state index contributed by atoms with van der Waals surface area (Å²) in [5, 5.41) is 3.30. The molecule has 0 aliphatic carbocycles. The highest BCUT2D eigenvalue weighted by Crippen LogP contribution is 2.24. The first-order valence-corrected chi connectivity index (χ1v) is 11.5. The summed E-state index contributed by atoms with van der Waals surface area (Å²) in [7, 11) is -3.64. The molecule has 0 aliphatic rings. The third-order valence-corrected chi connectivity index (χ3v) is 6.21. The second-order valence-corrected chi connectivity index (χ2v) is 9.10. The lowest BCUT2D eigenvalue weighted by atomic mass is 10.0. The maximum absolute atomic E-state index is 12.5. The average Bonchev–Trinajstić information content (AvgIpc) is 2.65. The van der Waals surface area contributed by atoms with Crippen LogP contribution in [0.2, 0.25) is 5.02 Å². The number of nitrogens with one attached hydrogen (secondary N) is 1. The summed E-state index contributed by atoms with van der Waals surface area (Å²) in [5.41, 5.74) is 4.64. The van der Waals surface area contributed by atoms with E-state index < -0.39 is 10.0 Å². The molecule has 0 radical (unpaired) electrons. The van der Waals surface area contributed by atoms with Crippen LogP contribution in [0.3, 0.4) is 0 Å². The highest BCUT2D eigenvalue weighted by atomic mass is 35.5. The van der Waals surface area contributed by atoms with Crippen LogP contribution >= 0.6 is 11.6 Å². The van der Waals surface area contributed by atoms with Gasteiger partial charge in [0, 0.05) is 11.6 Å². The third-order valence-electron chi connectivity index (χ3n) is 4.67. The molecule has 7 heteroatoms. The quantitative estimate of drug-likeness (QED) is 0.702. The molecular formula is C21H27ClN2O3S. The number of rotatable bonds is 8. The summed E-state index contributed by atoms with van der Waals surface area (Å²) in [6.07, 6.45) is 2.86. The molecule has 0 aliphatic heterocycles. The van der Waals surface area contributed by atoms with Crippen molar-refractivity contribution >= 4 is 33.2 Å². The van der Waals surface area contributed by atoms with Crippen molar-refractivity contribution in [2.24, 2.45) is 0 Å². The van der Waals surface area contributed by atoms with Crippen LogP contribution in [0, 0.1) is 6.92 Å². The molecule has 0 unspecified atom stereocenters. The lowest BCUT2D eigenvalue weighted by Crippen LogP contribution is -2.40. The van der Waals surface area contributed by atoms with Crippen molar-refractivity contribution < 1.29 is 13.2 Å². The fraction of sp³-hybridized carbons (Fsp3) is 0.381. The van der Waals surface area contributed by atoms with Crippen LogP contribution in [0.15, 0.2) is 36.4 Å². The van der Waals surface area contributed by atoms with E-state index in [1.54, 1.807) is 18.2 Å². The molecule has 28 heavy (non-hydrogen) atoms. The summed E-state index contributed by atoms with van der Waals surface area (Å²) >= 11 is 6.13. The maximum Gasteiger partial charge on any atom is 0.241 e. The summed E-state index contributed by atoms with van der Waals surface area (Å²) in [6.45, 7) is 6.05. The van der Waals surface area contributed by atoms with Gasteiger partial charge in [-0.05, 0) is 54.2 Å². The van der Waals surface area contributed by atoms with Crippen LogP contribution in [0.5, 0.6) is 0 Å². The van der Waals surface area contributed by atoms with Gasteiger partial charge >= 0.3 is 0 Å². The lowest BCUT2D eigenvalue weighted by molar-refractivity contribution is -0.119. The molecule has 0 spiro atoms. The SMILES string of the molecule is CCc1ccc(CC)c(CNC(=O)CN(c2ccc(C)c(Cl)c2)S(C)(=O)=O)c1. The Kier molecular flexibility index (Phi) is 7.49. The zero-order chi connectivity index (χ0) is 20.9. The number of halogens is 1. The number of benzene rings is 2. The van der Waals surface area contributed by atoms with Crippen LogP contribution in [0.25, 0.3) is 0 Å². The first-order chi connectivity index (χ1) is 13.2. The van der Waals surface area contributed by atoms with Crippen molar-refractivity contribution in [1.29, 1.82) is 0 Å². The van der Waals surface area contributed by atoms with E-state index >= 15 is 0 Å². The Morgan fingerprint density at radius 2 is 1.79 bits per heavy atom. The van der Waals surface area contributed by atoms with Gasteiger partial charge in [-0.3, -0.25) is 9.10 Å². The van der Waals surface area contributed by atoms with Crippen molar-refractivity contribution in [3.05, 3.63) is 63.7 Å². The van der Waals surface area contributed by atoms with Crippen LogP contribution in [-0.4, -0.2) is 27.1 Å². The fourth-order valence-electron chi connectivity index (χ4n) is 2.93. The Balaban J connectivity index is 2.16. The number of carbonyl (C=O) groups is 1. The molecular weight excluding hydrogens is 396 g/mol. The van der Waals surface area contributed by atoms with Gasteiger partial charge in [-0.15, -0.1) is 0 Å². The highest BCUT2D eigenvalue weighted by molar-refractivity contribution is 7.92. The second kappa shape index (κ2) is 9.43. The number of nitrogens with zero attached hydrogens (tertiary/aromatic N) is 1. The molecule has 1 amide bonds. The van der Waals surface area contributed by atoms with Gasteiger partial charge in [-0.2, -0.15) is 0 Å². The number of hydrogen-bond acceptors (Lipinski definition) is 3. The van der Waals surface area contributed by atoms with E-state index in [9.17, 15) is 13.2 Å². The number of amides is 1. The number of sulfonamides is 1. The molecule has 0 fully saturated rings. The standard InChI is InChI=1S/C21H27ClN2O3S/c1-5-16-8-9-17(6-2)18(11-16)13-23-21(25)14-24(28(4,26)27)19-10-7-15(3)20(22)12-19/h7-12H,5-6,13-14H2,1-4H3,(H,23,25). The fourth-order valence-corrected chi connectivity index (χ4v) is 3.95. The van der Waals surface area contributed by atoms with Crippen LogP contribution < -0.4 is 9.62 Å². The van der Waals surface area contributed by atoms with E-state index in [2.05, 4.69) is 37.4 Å². The van der Waals surface area contributed by atoms with Gasteiger partial charge in [-0.1, -0.05) is 49.7 Å². The topological polar surface area (TPSA) is 66.5 Å². The van der Waals surface area contributed by atoms with E-state index in [0.29, 0.717) is 17.3 Å². The molecule has 152 valence electrons. The molecule has 2 aromatic carbocycles. The molecule has 0 saturated heterocycles. The Morgan fingerprint density at radius 1 is 1.07 bits per heavy atom. The smallest absolute Gasteiger partial charge is 0.241 e. The average molecular weight is 423 g/mol. The minimum Gasteiger partial charge on any atom is -0.350 e. The van der Waals surface area contributed by atoms with Crippen LogP contribution in [-0.2, 0) is 34.2 Å². The number of aryl methyl sites for hydroxylation is 3. The summed E-state index contributed by atoms with van der Waals surface area (Å²) in [4.78, 5) is 12.5. The monoisotopic (exact) mass is 422 g/mol. The minimum absolute atomic E-state index is 0.298. The van der Waals surface area contributed by atoms with E-state index in [1.807, 2.05) is 6.92 Å². The van der Waals surface area contributed by atoms with Gasteiger partial charge in [0.15, 0.2) is 0 Å². The number of hydrogen-bond donors (Lipinski definition) is 1. The Hall–Kier alpha value is -2.05. The van der Waals surface area contributed by atoms with E-state index in [0.717, 1.165) is 34.5 Å². The molecule has 0 heterocycles. The molecule has 0 aromatic heterocycles. The Morgan fingerprint density at radius 3 is 2.36 bits per heavy atom. The van der Waals surface area contributed by atoms with E-state index in [1.165, 1.54) is 11.1 Å². The van der Waals surface area contributed by atoms with E-state index in [-0.39, 0.29) is 12.5 Å². The molecule has 2 aromatic rings. The Bertz CT molecular complexity index is 958. The number of anilines is 1. The summed E-state index contributed by atoms with van der Waals surface area (Å²) in [5.74, 6) is -0.369. The third kappa shape index (κ3) is 5.72. The van der Waals surface area contributed by atoms with Crippen molar-refractivity contribution in [3.63, 3.8) is 0 Å². The minimum atomic E-state index is -3.64. The van der Waals surface area contributed by atoms with Crippen LogP contribution in [0.1, 0.15) is 36.1 Å². The van der Waals surface area contributed by atoms with Gasteiger partial charge < -0.3 is 5.32 Å². The Labute approximate surface area is 172 Å². The maximum atomic E-state index is 12.5. The largest absolute Gasteiger partial charge is 0.350 e. The summed E-state index contributed by atoms with van der Waals surface area (Å²) in [6, 6.07) is 11.2. The zero-order valence-corrected chi connectivity index (χ0v) is 18.3. The van der Waals surface area contributed by atoms with Gasteiger partial charge in [0.1, 0.15) is 6.54 Å². The molecule has 1 N–H and O–H groups in total. The molecule has 0 saturated carbocycles. The van der Waals surface area contributed by atoms with Gasteiger partial charge in [0.25, 0.3) is 0 Å². The van der Waals surface area contributed by atoms with Gasteiger partial charge in [0.2, 0.25) is 15.9 Å². The molecule has 2 rings (SSSR count). The molecule has 0 atom stereocenters. The van der Waals surface area contributed by atoms with Gasteiger partial charge in [0.05, 0.1) is 11.9 Å². The predicted molar refractivity (Wildman–Crippen MR) is 115 cm³/mol. The lowest BCUT2D eigenvalue weighted by Gasteiger charge is -2.22. The second-order valence-electron chi connectivity index (χ2n) is 6.79. The highest BCUT2D eigenvalue weighted by Gasteiger charge is 2.21. The molecule has 0 bridgehead atoms. The van der Waals surface area contributed by atoms with Crippen LogP contribution in [0.4, 0.5) is 5.69 Å². The van der Waals surface area contributed by atoms with Crippen molar-refractivity contribution in [3.8, 4) is 0 Å².